The van der Waals surface area contributed by atoms with E-state index in [2.05, 4.69) is 21.8 Å². The highest BCUT2D eigenvalue weighted by Gasteiger charge is 2.28. The van der Waals surface area contributed by atoms with Gasteiger partial charge in [-0.2, -0.15) is 0 Å². The van der Waals surface area contributed by atoms with Gasteiger partial charge in [0, 0.05) is 31.1 Å². The Balaban J connectivity index is 1.61. The van der Waals surface area contributed by atoms with Crippen LogP contribution >= 0.6 is 0 Å². The minimum absolute atomic E-state index is 0.229. The van der Waals surface area contributed by atoms with E-state index >= 15 is 0 Å². The smallest absolute Gasteiger partial charge is 0.268 e. The summed E-state index contributed by atoms with van der Waals surface area (Å²) in [7, 11) is 0.326. The summed E-state index contributed by atoms with van der Waals surface area (Å²) in [5.74, 6) is 0.922. The van der Waals surface area contributed by atoms with Crippen LogP contribution in [-0.2, 0) is 10.0 Å². The molecule has 1 aromatic carbocycles. The minimum atomic E-state index is -3.78. The number of hydrogen-bond acceptors (Lipinski definition) is 6. The van der Waals surface area contributed by atoms with E-state index in [1.54, 1.807) is 30.6 Å². The zero-order valence-electron chi connectivity index (χ0n) is 17.3. The highest BCUT2D eigenvalue weighted by atomic mass is 32.2. The predicted molar refractivity (Wildman–Crippen MR) is 117 cm³/mol. The van der Waals surface area contributed by atoms with E-state index in [9.17, 15) is 8.42 Å². The number of piperidine rings is 1. The maximum Gasteiger partial charge on any atom is 0.268 e. The van der Waals surface area contributed by atoms with Gasteiger partial charge < -0.3 is 14.5 Å². The molecule has 30 heavy (non-hydrogen) atoms. The number of fused-ring (bicyclic) bond motifs is 2. The first-order valence-electron chi connectivity index (χ1n) is 10.3. The van der Waals surface area contributed by atoms with Gasteiger partial charge in [0.15, 0.2) is 0 Å². The van der Waals surface area contributed by atoms with Crippen LogP contribution in [-0.4, -0.2) is 62.6 Å². The monoisotopic (exact) mass is 426 g/mol. The van der Waals surface area contributed by atoms with Gasteiger partial charge in [-0.3, -0.25) is 4.98 Å². The summed E-state index contributed by atoms with van der Waals surface area (Å²) in [6.07, 6.45) is 5.53. The third-order valence-corrected chi connectivity index (χ3v) is 7.97. The van der Waals surface area contributed by atoms with E-state index in [-0.39, 0.29) is 4.90 Å². The van der Waals surface area contributed by atoms with E-state index < -0.39 is 10.0 Å². The fourth-order valence-electron chi connectivity index (χ4n) is 4.48. The number of aromatic nitrogens is 2. The zero-order valence-corrected chi connectivity index (χ0v) is 18.1. The first-order chi connectivity index (χ1) is 14.4. The molecule has 0 spiro atoms. The van der Waals surface area contributed by atoms with Crippen LogP contribution in [0.4, 0.5) is 5.69 Å². The Labute approximate surface area is 176 Å². The summed E-state index contributed by atoms with van der Waals surface area (Å²) in [4.78, 5) is 9.16. The number of anilines is 1. The number of likely N-dealkylation sites (tertiary alicyclic amines) is 1. The van der Waals surface area contributed by atoms with E-state index in [1.165, 1.54) is 3.97 Å². The Bertz CT molecular complexity index is 1200. The van der Waals surface area contributed by atoms with Crippen LogP contribution in [0.5, 0.6) is 5.75 Å². The van der Waals surface area contributed by atoms with E-state index in [1.807, 2.05) is 19.2 Å². The van der Waals surface area contributed by atoms with E-state index in [0.29, 0.717) is 23.8 Å². The molecule has 2 aromatic heterocycles. The Morgan fingerprint density at radius 1 is 1.10 bits per heavy atom. The number of nitrogens with zero attached hydrogens (tertiary/aromatic N) is 4. The molecular formula is C22H26N4O3S. The van der Waals surface area contributed by atoms with Crippen LogP contribution in [0.25, 0.3) is 11.0 Å². The number of benzene rings is 1. The summed E-state index contributed by atoms with van der Waals surface area (Å²) in [6.45, 7) is 3.34. The van der Waals surface area contributed by atoms with E-state index in [0.717, 1.165) is 49.2 Å². The van der Waals surface area contributed by atoms with Crippen molar-refractivity contribution < 1.29 is 13.2 Å². The molecule has 2 aliphatic rings. The second-order valence-electron chi connectivity index (χ2n) is 8.23. The fourth-order valence-corrected chi connectivity index (χ4v) is 5.87. The van der Waals surface area contributed by atoms with Gasteiger partial charge >= 0.3 is 0 Å². The largest absolute Gasteiger partial charge is 0.490 e. The van der Waals surface area contributed by atoms with Crippen molar-refractivity contribution in [1.82, 2.24) is 13.9 Å². The molecule has 7 nitrogen and oxygen atoms in total. The molecule has 4 heterocycles. The summed E-state index contributed by atoms with van der Waals surface area (Å²) >= 11 is 0. The van der Waals surface area contributed by atoms with Crippen molar-refractivity contribution in [3.05, 3.63) is 48.3 Å². The number of ether oxygens (including phenoxy) is 1. The molecule has 5 rings (SSSR count). The van der Waals surface area contributed by atoms with Gasteiger partial charge in [-0.05, 0) is 63.2 Å². The normalized spacial score (nSPS) is 18.4. The molecule has 0 amide bonds. The SMILES string of the molecule is CN1CCC(c2cn(S(=O)(=O)c3ccc4c(c3)OCCN4C)c3cccnc23)CC1. The van der Waals surface area contributed by atoms with Crippen molar-refractivity contribution >= 4 is 26.7 Å². The Morgan fingerprint density at radius 2 is 1.90 bits per heavy atom. The van der Waals surface area contributed by atoms with Gasteiger partial charge in [0.2, 0.25) is 0 Å². The predicted octanol–water partition coefficient (Wildman–Crippen LogP) is 2.91. The van der Waals surface area contributed by atoms with Crippen molar-refractivity contribution in [1.29, 1.82) is 0 Å². The Kier molecular flexibility index (Phi) is 4.71. The van der Waals surface area contributed by atoms with Crippen LogP contribution in [0.1, 0.15) is 24.3 Å². The summed E-state index contributed by atoms with van der Waals surface area (Å²) in [6, 6.07) is 8.75. The van der Waals surface area contributed by atoms with Gasteiger partial charge in [0.05, 0.1) is 28.2 Å². The van der Waals surface area contributed by atoms with Gasteiger partial charge in [-0.1, -0.05) is 0 Å². The number of rotatable bonds is 3. The Hall–Kier alpha value is -2.58. The molecule has 0 N–H and O–H groups in total. The lowest BCUT2D eigenvalue weighted by Crippen LogP contribution is -2.29. The summed E-state index contributed by atoms with van der Waals surface area (Å²) < 4.78 is 34.4. The van der Waals surface area contributed by atoms with Crippen LogP contribution in [0.15, 0.2) is 47.6 Å². The molecule has 0 aliphatic carbocycles. The van der Waals surface area contributed by atoms with Crippen LogP contribution in [0.2, 0.25) is 0 Å². The summed E-state index contributed by atoms with van der Waals surface area (Å²) in [5, 5.41) is 0. The molecule has 0 saturated carbocycles. The quantitative estimate of drug-likeness (QED) is 0.642. The number of pyridine rings is 1. The van der Waals surface area contributed by atoms with Crippen molar-refractivity contribution in [3.8, 4) is 5.75 Å². The molecule has 0 unspecified atom stereocenters. The third-order valence-electron chi connectivity index (χ3n) is 6.30. The van der Waals surface area contributed by atoms with Crippen LogP contribution < -0.4 is 9.64 Å². The molecule has 8 heteroatoms. The second-order valence-corrected chi connectivity index (χ2v) is 10.0. The average Bonchev–Trinajstić information content (AvgIpc) is 3.15. The second kappa shape index (κ2) is 7.28. The standard InChI is InChI=1S/C22H26N4O3S/c1-24-10-7-16(8-11-24)18-15-26(20-4-3-9-23-22(18)20)30(27,28)17-5-6-19-21(14-17)29-13-12-25(19)2/h3-6,9,14-16H,7-8,10-13H2,1-2H3. The van der Waals surface area contributed by atoms with Crippen LogP contribution in [0.3, 0.4) is 0 Å². The lowest BCUT2D eigenvalue weighted by molar-refractivity contribution is 0.256. The topological polar surface area (TPSA) is 67.7 Å². The first-order valence-corrected chi connectivity index (χ1v) is 11.8. The molecule has 3 aromatic rings. The van der Waals surface area contributed by atoms with Crippen molar-refractivity contribution in [2.45, 2.75) is 23.7 Å². The molecular weight excluding hydrogens is 400 g/mol. The summed E-state index contributed by atoms with van der Waals surface area (Å²) in [5.41, 5.74) is 3.34. The molecule has 0 bridgehead atoms. The minimum Gasteiger partial charge on any atom is -0.490 e. The van der Waals surface area contributed by atoms with Gasteiger partial charge in [-0.25, -0.2) is 12.4 Å². The van der Waals surface area contributed by atoms with Gasteiger partial charge in [0.1, 0.15) is 12.4 Å². The van der Waals surface area contributed by atoms with Gasteiger partial charge in [-0.15, -0.1) is 0 Å². The molecule has 0 atom stereocenters. The maximum absolute atomic E-state index is 13.6. The molecule has 158 valence electrons. The highest BCUT2D eigenvalue weighted by molar-refractivity contribution is 7.90. The number of hydrogen-bond donors (Lipinski definition) is 0. The molecule has 2 aliphatic heterocycles. The molecule has 1 fully saturated rings. The lowest BCUT2D eigenvalue weighted by atomic mass is 9.91. The number of likely N-dealkylation sites (N-methyl/N-ethyl adjacent to an activating group) is 1. The first kappa shape index (κ1) is 19.4. The lowest BCUT2D eigenvalue weighted by Gasteiger charge is -2.28. The van der Waals surface area contributed by atoms with E-state index in [4.69, 9.17) is 4.74 Å². The molecule has 0 radical (unpaired) electrons. The third kappa shape index (κ3) is 3.15. The zero-order chi connectivity index (χ0) is 20.9. The highest BCUT2D eigenvalue weighted by Crippen LogP contribution is 2.37. The Morgan fingerprint density at radius 3 is 2.70 bits per heavy atom. The van der Waals surface area contributed by atoms with Crippen LogP contribution in [0, 0.1) is 0 Å². The van der Waals surface area contributed by atoms with Gasteiger partial charge in [0.25, 0.3) is 10.0 Å². The van der Waals surface area contributed by atoms with Crippen molar-refractivity contribution in [2.75, 3.05) is 45.2 Å². The molecule has 1 saturated heterocycles. The fraction of sp³-hybridized carbons (Fsp3) is 0.409. The van der Waals surface area contributed by atoms with Crippen molar-refractivity contribution in [2.24, 2.45) is 0 Å². The average molecular weight is 427 g/mol. The maximum atomic E-state index is 13.6. The van der Waals surface area contributed by atoms with Crippen molar-refractivity contribution in [3.63, 3.8) is 0 Å².